The van der Waals surface area contributed by atoms with E-state index in [0.29, 0.717) is 24.8 Å². The smallest absolute Gasteiger partial charge is 0.333 e. The van der Waals surface area contributed by atoms with Crippen LogP contribution in [0, 0.1) is 5.92 Å². The Morgan fingerprint density at radius 1 is 1.35 bits per heavy atom. The summed E-state index contributed by atoms with van der Waals surface area (Å²) in [6.07, 6.45) is 1.27. The highest BCUT2D eigenvalue weighted by Gasteiger charge is 2.30. The van der Waals surface area contributed by atoms with Crippen molar-refractivity contribution in [2.24, 2.45) is 5.92 Å². The molecule has 0 spiro atoms. The normalized spacial score (nSPS) is 17.4. The monoisotopic (exact) mass is 316 g/mol. The molecule has 1 aromatic carbocycles. The Hall–Kier alpha value is -2.10. The molecular weight excluding hydrogens is 292 g/mol. The van der Waals surface area contributed by atoms with Gasteiger partial charge in [0.1, 0.15) is 17.1 Å². The molecule has 0 saturated carbocycles. The Balaban J connectivity index is 2.11. The van der Waals surface area contributed by atoms with Crippen molar-refractivity contribution in [2.45, 2.75) is 45.6 Å². The summed E-state index contributed by atoms with van der Waals surface area (Å²) >= 11 is 0. The molecule has 4 nitrogen and oxygen atoms in total. The molecule has 23 heavy (non-hydrogen) atoms. The van der Waals surface area contributed by atoms with Crippen molar-refractivity contribution in [3.8, 4) is 5.75 Å². The lowest BCUT2D eigenvalue weighted by molar-refractivity contribution is -0.150. The van der Waals surface area contributed by atoms with E-state index in [-0.39, 0.29) is 11.7 Å². The van der Waals surface area contributed by atoms with Gasteiger partial charge >= 0.3 is 5.97 Å². The van der Waals surface area contributed by atoms with Crippen LogP contribution in [0.4, 0.5) is 0 Å². The number of benzene rings is 1. The predicted octanol–water partition coefficient (Wildman–Crippen LogP) is 3.27. The second-order valence-corrected chi connectivity index (χ2v) is 6.95. The number of carbonyl (C=O) groups excluding carboxylic acids is 2. The van der Waals surface area contributed by atoms with Crippen LogP contribution in [-0.4, -0.2) is 24.5 Å². The minimum atomic E-state index is -0.563. The Morgan fingerprint density at radius 3 is 2.65 bits per heavy atom. The zero-order valence-corrected chi connectivity index (χ0v) is 14.3. The lowest BCUT2D eigenvalue weighted by Crippen LogP contribution is -2.29. The average molecular weight is 316 g/mol. The fraction of sp³-hybridized carbons (Fsp3) is 0.474. The number of esters is 1. The molecule has 1 aliphatic carbocycles. The van der Waals surface area contributed by atoms with E-state index in [9.17, 15) is 9.59 Å². The van der Waals surface area contributed by atoms with E-state index in [1.165, 1.54) is 0 Å². The average Bonchev–Trinajstić information content (AvgIpc) is 2.45. The molecule has 1 aliphatic rings. The van der Waals surface area contributed by atoms with E-state index in [1.54, 1.807) is 7.11 Å². The maximum Gasteiger partial charge on any atom is 0.333 e. The third-order valence-corrected chi connectivity index (χ3v) is 3.90. The van der Waals surface area contributed by atoms with E-state index in [4.69, 9.17) is 9.47 Å². The van der Waals surface area contributed by atoms with Gasteiger partial charge in [-0.3, -0.25) is 4.79 Å². The number of fused-ring (bicyclic) bond motifs is 1. The van der Waals surface area contributed by atoms with E-state index in [1.807, 2.05) is 39.0 Å². The second kappa shape index (κ2) is 6.57. The van der Waals surface area contributed by atoms with Gasteiger partial charge in [-0.2, -0.15) is 0 Å². The summed E-state index contributed by atoms with van der Waals surface area (Å²) in [6.45, 7) is 9.24. The quantitative estimate of drug-likeness (QED) is 0.632. The number of ketones is 1. The van der Waals surface area contributed by atoms with Crippen molar-refractivity contribution in [1.29, 1.82) is 0 Å². The van der Waals surface area contributed by atoms with Gasteiger partial charge in [0, 0.05) is 17.9 Å². The number of hydrogen-bond acceptors (Lipinski definition) is 4. The topological polar surface area (TPSA) is 52.6 Å². The van der Waals surface area contributed by atoms with E-state index in [2.05, 4.69) is 6.58 Å². The number of ether oxygens (including phenoxy) is 2. The van der Waals surface area contributed by atoms with Gasteiger partial charge in [-0.15, -0.1) is 0 Å². The highest BCUT2D eigenvalue weighted by atomic mass is 16.6. The van der Waals surface area contributed by atoms with Crippen LogP contribution in [0.25, 0.3) is 0 Å². The van der Waals surface area contributed by atoms with Crippen LogP contribution in [0.2, 0.25) is 0 Å². The van der Waals surface area contributed by atoms with Gasteiger partial charge in [0.2, 0.25) is 0 Å². The lowest BCUT2D eigenvalue weighted by Gasteiger charge is -2.26. The molecular formula is C19H24O4. The summed E-state index contributed by atoms with van der Waals surface area (Å²) in [5.41, 5.74) is 1.84. The van der Waals surface area contributed by atoms with E-state index < -0.39 is 11.6 Å². The standard InChI is InChI=1S/C19H24O4/c1-12(18(21)23-19(2,3)4)9-14-10-15-13(11-16(14)20)7-6-8-17(15)22-5/h6-8,14H,1,9-11H2,2-5H3. The van der Waals surface area contributed by atoms with Gasteiger partial charge in [-0.05, 0) is 50.8 Å². The summed E-state index contributed by atoms with van der Waals surface area (Å²) in [5.74, 6) is 0.244. The zero-order valence-electron chi connectivity index (χ0n) is 14.3. The third-order valence-electron chi connectivity index (χ3n) is 3.90. The van der Waals surface area contributed by atoms with Crippen LogP contribution in [0.1, 0.15) is 38.3 Å². The lowest BCUT2D eigenvalue weighted by atomic mass is 9.79. The molecule has 1 unspecified atom stereocenters. The molecule has 1 atom stereocenters. The summed E-state index contributed by atoms with van der Waals surface area (Å²) < 4.78 is 10.7. The maximum absolute atomic E-state index is 12.4. The Labute approximate surface area is 137 Å². The summed E-state index contributed by atoms with van der Waals surface area (Å²) in [4.78, 5) is 24.4. The molecule has 0 bridgehead atoms. The fourth-order valence-corrected chi connectivity index (χ4v) is 2.81. The zero-order chi connectivity index (χ0) is 17.2. The third kappa shape index (κ3) is 4.21. The van der Waals surface area contributed by atoms with Crippen LogP contribution < -0.4 is 4.74 Å². The summed E-state index contributed by atoms with van der Waals surface area (Å²) in [6, 6.07) is 5.74. The van der Waals surface area contributed by atoms with Gasteiger partial charge in [0.05, 0.1) is 7.11 Å². The fourth-order valence-electron chi connectivity index (χ4n) is 2.81. The number of carbonyl (C=O) groups is 2. The Bertz CT molecular complexity index is 637. The first-order valence-electron chi connectivity index (χ1n) is 7.80. The van der Waals surface area contributed by atoms with Crippen LogP contribution in [0.15, 0.2) is 30.4 Å². The van der Waals surface area contributed by atoms with Gasteiger partial charge in [-0.1, -0.05) is 18.7 Å². The van der Waals surface area contributed by atoms with Crippen LogP contribution >= 0.6 is 0 Å². The molecule has 0 fully saturated rings. The molecule has 2 rings (SSSR count). The van der Waals surface area contributed by atoms with Gasteiger partial charge in [0.25, 0.3) is 0 Å². The van der Waals surface area contributed by atoms with Crippen molar-refractivity contribution in [1.82, 2.24) is 0 Å². The SMILES string of the molecule is C=C(CC1Cc2c(cccc2OC)CC1=O)C(=O)OC(C)(C)C. The molecule has 0 amide bonds. The highest BCUT2D eigenvalue weighted by Crippen LogP contribution is 2.33. The molecule has 0 saturated heterocycles. The molecule has 0 radical (unpaired) electrons. The van der Waals surface area contributed by atoms with Crippen LogP contribution in [0.3, 0.4) is 0 Å². The molecule has 0 aromatic heterocycles. The van der Waals surface area contributed by atoms with Crippen molar-refractivity contribution in [2.75, 3.05) is 7.11 Å². The minimum Gasteiger partial charge on any atom is -0.496 e. The van der Waals surface area contributed by atoms with Gasteiger partial charge in [-0.25, -0.2) is 4.79 Å². The summed E-state index contributed by atoms with van der Waals surface area (Å²) in [7, 11) is 1.63. The first-order chi connectivity index (χ1) is 10.7. The van der Waals surface area contributed by atoms with Gasteiger partial charge < -0.3 is 9.47 Å². The molecule has 0 aliphatic heterocycles. The largest absolute Gasteiger partial charge is 0.496 e. The number of methoxy groups -OCH3 is 1. The maximum atomic E-state index is 12.4. The molecule has 1 aromatic rings. The summed E-state index contributed by atoms with van der Waals surface area (Å²) in [5, 5.41) is 0. The van der Waals surface area contributed by atoms with Crippen molar-refractivity contribution < 1.29 is 19.1 Å². The van der Waals surface area contributed by atoms with Crippen molar-refractivity contribution in [3.63, 3.8) is 0 Å². The molecule has 0 N–H and O–H groups in total. The molecule has 0 heterocycles. The number of hydrogen-bond donors (Lipinski definition) is 0. The number of rotatable bonds is 4. The second-order valence-electron chi connectivity index (χ2n) is 6.95. The first-order valence-corrected chi connectivity index (χ1v) is 7.80. The van der Waals surface area contributed by atoms with E-state index in [0.717, 1.165) is 16.9 Å². The molecule has 4 heteroatoms. The van der Waals surface area contributed by atoms with E-state index >= 15 is 0 Å². The Morgan fingerprint density at radius 2 is 2.04 bits per heavy atom. The van der Waals surface area contributed by atoms with Gasteiger partial charge in [0.15, 0.2) is 0 Å². The van der Waals surface area contributed by atoms with Crippen molar-refractivity contribution >= 4 is 11.8 Å². The molecule has 124 valence electrons. The van der Waals surface area contributed by atoms with Crippen LogP contribution in [-0.2, 0) is 27.2 Å². The predicted molar refractivity (Wildman–Crippen MR) is 88.5 cm³/mol. The minimum absolute atomic E-state index is 0.135. The first kappa shape index (κ1) is 17.3. The number of Topliss-reactive ketones (excluding diaryl/α,β-unsaturated/α-hetero) is 1. The van der Waals surface area contributed by atoms with Crippen molar-refractivity contribution in [3.05, 3.63) is 41.5 Å². The Kier molecular flexibility index (Phi) is 4.93. The highest BCUT2D eigenvalue weighted by molar-refractivity contribution is 5.91. The van der Waals surface area contributed by atoms with Crippen LogP contribution in [0.5, 0.6) is 5.75 Å².